The fraction of sp³-hybridized carbons (Fsp3) is 0.923. The molecule has 4 unspecified atom stereocenters. The maximum Gasteiger partial charge on any atom is 0.332 e. The Morgan fingerprint density at radius 3 is 2.53 bits per heavy atom. The molecule has 3 N–H and O–H groups in total. The average molecular weight is 244 g/mol. The summed E-state index contributed by atoms with van der Waals surface area (Å²) in [5.41, 5.74) is 0.00923. The van der Waals surface area contributed by atoms with Crippen molar-refractivity contribution < 1.29 is 20.1 Å². The molecule has 0 aromatic carbocycles. The predicted octanol–water partition coefficient (Wildman–Crippen LogP) is 1.65. The Labute approximate surface area is 103 Å². The highest BCUT2D eigenvalue weighted by molar-refractivity contribution is 5.71. The van der Waals surface area contributed by atoms with Gasteiger partial charge in [-0.2, -0.15) is 0 Å². The van der Waals surface area contributed by atoms with Crippen molar-refractivity contribution in [1.29, 1.82) is 0 Å². The second-order valence-corrected chi connectivity index (χ2v) is 6.10. The number of aliphatic carboxylic acids is 1. The van der Waals surface area contributed by atoms with E-state index in [1.54, 1.807) is 0 Å². The van der Waals surface area contributed by atoms with Gasteiger partial charge in [0.25, 0.3) is 0 Å². The monoisotopic (exact) mass is 244 g/mol. The first kappa shape index (κ1) is 14.5. The van der Waals surface area contributed by atoms with Crippen LogP contribution in [0.1, 0.15) is 46.5 Å². The summed E-state index contributed by atoms with van der Waals surface area (Å²) in [5.74, 6) is -0.416. The molecule has 100 valence electrons. The molecule has 0 spiro atoms. The van der Waals surface area contributed by atoms with Crippen molar-refractivity contribution >= 4 is 5.97 Å². The molecule has 0 aromatic heterocycles. The largest absolute Gasteiger partial charge is 0.479 e. The minimum absolute atomic E-state index is 0.00923. The topological polar surface area (TPSA) is 77.8 Å². The van der Waals surface area contributed by atoms with Crippen molar-refractivity contribution in [3.8, 4) is 0 Å². The fourth-order valence-corrected chi connectivity index (χ4v) is 3.34. The number of carboxylic acids is 1. The lowest BCUT2D eigenvalue weighted by molar-refractivity contribution is -0.147. The molecule has 17 heavy (non-hydrogen) atoms. The van der Waals surface area contributed by atoms with Gasteiger partial charge < -0.3 is 15.3 Å². The van der Waals surface area contributed by atoms with E-state index in [4.69, 9.17) is 5.11 Å². The van der Waals surface area contributed by atoms with Gasteiger partial charge in [-0.05, 0) is 42.9 Å². The molecule has 1 fully saturated rings. The van der Waals surface area contributed by atoms with Gasteiger partial charge in [0, 0.05) is 0 Å². The summed E-state index contributed by atoms with van der Waals surface area (Å²) in [6.45, 7) is 6.33. The lowest BCUT2D eigenvalue weighted by Gasteiger charge is -2.45. The van der Waals surface area contributed by atoms with Gasteiger partial charge >= 0.3 is 5.97 Å². The highest BCUT2D eigenvalue weighted by atomic mass is 16.4. The van der Waals surface area contributed by atoms with E-state index >= 15 is 0 Å². The van der Waals surface area contributed by atoms with Gasteiger partial charge in [0.2, 0.25) is 0 Å². The number of aliphatic hydroxyl groups is 2. The summed E-state index contributed by atoms with van der Waals surface area (Å²) in [7, 11) is 0. The maximum absolute atomic E-state index is 10.6. The van der Waals surface area contributed by atoms with Crippen LogP contribution in [0.25, 0.3) is 0 Å². The minimum atomic E-state index is -1.26. The summed E-state index contributed by atoms with van der Waals surface area (Å²) in [6, 6.07) is 0. The van der Waals surface area contributed by atoms with Crippen LogP contribution in [0.3, 0.4) is 0 Å². The van der Waals surface area contributed by atoms with Gasteiger partial charge in [-0.25, -0.2) is 4.79 Å². The van der Waals surface area contributed by atoms with Crippen LogP contribution in [0.15, 0.2) is 0 Å². The molecule has 0 saturated heterocycles. The Balaban J connectivity index is 2.59. The molecule has 0 radical (unpaired) electrons. The van der Waals surface area contributed by atoms with E-state index in [1.165, 1.54) is 0 Å². The smallest absolute Gasteiger partial charge is 0.332 e. The molecular weight excluding hydrogens is 220 g/mol. The summed E-state index contributed by atoms with van der Waals surface area (Å²) < 4.78 is 0. The number of hydrogen-bond donors (Lipinski definition) is 3. The van der Waals surface area contributed by atoms with Crippen LogP contribution in [-0.4, -0.2) is 33.5 Å². The fourth-order valence-electron chi connectivity index (χ4n) is 3.34. The van der Waals surface area contributed by atoms with E-state index < -0.39 is 12.1 Å². The second-order valence-electron chi connectivity index (χ2n) is 6.10. The zero-order valence-corrected chi connectivity index (χ0v) is 10.9. The van der Waals surface area contributed by atoms with Crippen molar-refractivity contribution in [2.24, 2.45) is 17.3 Å². The van der Waals surface area contributed by atoms with Gasteiger partial charge in [-0.15, -0.1) is 0 Å². The molecule has 1 aliphatic rings. The number of rotatable bonds is 4. The maximum atomic E-state index is 10.6. The highest BCUT2D eigenvalue weighted by Gasteiger charge is 2.40. The van der Waals surface area contributed by atoms with E-state index in [0.717, 1.165) is 12.8 Å². The third kappa shape index (κ3) is 3.68. The van der Waals surface area contributed by atoms with E-state index in [9.17, 15) is 15.0 Å². The van der Waals surface area contributed by atoms with Gasteiger partial charge in [0.1, 0.15) is 0 Å². The molecular formula is C13H24O4. The Bertz CT molecular complexity index is 275. The minimum Gasteiger partial charge on any atom is -0.479 e. The average Bonchev–Trinajstić information content (AvgIpc) is 2.13. The lowest BCUT2D eigenvalue weighted by Crippen LogP contribution is -2.40. The van der Waals surface area contributed by atoms with Crippen LogP contribution in [-0.2, 0) is 4.79 Å². The van der Waals surface area contributed by atoms with Crippen molar-refractivity contribution in [3.63, 3.8) is 0 Å². The van der Waals surface area contributed by atoms with E-state index in [2.05, 4.69) is 20.8 Å². The summed E-state index contributed by atoms with van der Waals surface area (Å²) in [6.07, 6.45) is 1.02. The van der Waals surface area contributed by atoms with E-state index in [-0.39, 0.29) is 11.5 Å². The van der Waals surface area contributed by atoms with Crippen molar-refractivity contribution in [2.45, 2.75) is 58.7 Å². The van der Waals surface area contributed by atoms with Gasteiger partial charge in [-0.1, -0.05) is 20.8 Å². The second kappa shape index (κ2) is 5.36. The van der Waals surface area contributed by atoms with E-state index in [0.29, 0.717) is 24.7 Å². The molecule has 1 aliphatic carbocycles. The molecule has 0 aromatic rings. The van der Waals surface area contributed by atoms with Crippen molar-refractivity contribution in [3.05, 3.63) is 0 Å². The van der Waals surface area contributed by atoms with Crippen LogP contribution >= 0.6 is 0 Å². The molecule has 0 aliphatic heterocycles. The van der Waals surface area contributed by atoms with Crippen molar-refractivity contribution in [1.82, 2.24) is 0 Å². The third-order valence-electron chi connectivity index (χ3n) is 4.13. The molecule has 1 rings (SSSR count). The van der Waals surface area contributed by atoms with Crippen LogP contribution in [0.2, 0.25) is 0 Å². The Kier molecular flexibility index (Phi) is 4.55. The third-order valence-corrected chi connectivity index (χ3v) is 4.13. The first-order valence-electron chi connectivity index (χ1n) is 6.33. The molecule has 4 atom stereocenters. The summed E-state index contributed by atoms with van der Waals surface area (Å²) in [4.78, 5) is 10.6. The molecule has 4 heteroatoms. The summed E-state index contributed by atoms with van der Waals surface area (Å²) >= 11 is 0. The quantitative estimate of drug-likeness (QED) is 0.702. The molecule has 4 nitrogen and oxygen atoms in total. The van der Waals surface area contributed by atoms with E-state index in [1.807, 2.05) is 0 Å². The van der Waals surface area contributed by atoms with Crippen LogP contribution < -0.4 is 0 Å². The van der Waals surface area contributed by atoms with Gasteiger partial charge in [0.15, 0.2) is 6.10 Å². The van der Waals surface area contributed by atoms with Crippen LogP contribution in [0.5, 0.6) is 0 Å². The SMILES string of the molecule is CC1CC(O)CC(C)(C)C1CCC(O)C(=O)O. The molecule has 0 bridgehead atoms. The first-order chi connectivity index (χ1) is 7.74. The first-order valence-corrected chi connectivity index (χ1v) is 6.33. The number of carboxylic acid groups (broad SMARTS) is 1. The lowest BCUT2D eigenvalue weighted by atomic mass is 9.61. The normalized spacial score (nSPS) is 34.3. The Morgan fingerprint density at radius 2 is 2.06 bits per heavy atom. The van der Waals surface area contributed by atoms with Crippen LogP contribution in [0, 0.1) is 17.3 Å². The molecule has 0 heterocycles. The molecule has 1 saturated carbocycles. The van der Waals surface area contributed by atoms with Crippen molar-refractivity contribution in [2.75, 3.05) is 0 Å². The zero-order valence-electron chi connectivity index (χ0n) is 10.9. The number of aliphatic hydroxyl groups excluding tert-OH is 2. The highest BCUT2D eigenvalue weighted by Crippen LogP contribution is 2.46. The Morgan fingerprint density at radius 1 is 1.47 bits per heavy atom. The molecule has 0 amide bonds. The van der Waals surface area contributed by atoms with Crippen LogP contribution in [0.4, 0.5) is 0 Å². The predicted molar refractivity (Wildman–Crippen MR) is 64.6 cm³/mol. The zero-order chi connectivity index (χ0) is 13.2. The summed E-state index contributed by atoms with van der Waals surface area (Å²) in [5, 5.41) is 27.7. The number of carbonyl (C=O) groups is 1. The standard InChI is InChI=1S/C13H24O4/c1-8-6-9(14)7-13(2,3)10(8)4-5-11(15)12(16)17/h8-11,14-15H,4-7H2,1-3H3,(H,16,17). The number of hydrogen-bond acceptors (Lipinski definition) is 3. The van der Waals surface area contributed by atoms with Gasteiger partial charge in [-0.3, -0.25) is 0 Å². The van der Waals surface area contributed by atoms with Gasteiger partial charge in [0.05, 0.1) is 6.10 Å². The Hall–Kier alpha value is -0.610.